The Morgan fingerprint density at radius 2 is 1.91 bits per heavy atom. The summed E-state index contributed by atoms with van der Waals surface area (Å²) in [4.78, 5) is 12.6. The van der Waals surface area contributed by atoms with Crippen LogP contribution in [0.25, 0.3) is 0 Å². The number of hydrogen-bond acceptors (Lipinski definition) is 3. The Kier molecular flexibility index (Phi) is 3.90. The number of amides is 1. The predicted octanol–water partition coefficient (Wildman–Crippen LogP) is 4.12. The van der Waals surface area contributed by atoms with Crippen LogP contribution in [0.3, 0.4) is 0 Å². The first-order valence-corrected chi connectivity index (χ1v) is 7.42. The largest absolute Gasteiger partial charge is 0.454 e. The lowest BCUT2D eigenvalue weighted by molar-refractivity contribution is -0.120. The van der Waals surface area contributed by atoms with Crippen molar-refractivity contribution in [1.29, 1.82) is 0 Å². The molecular weight excluding hydrogens is 321 g/mol. The van der Waals surface area contributed by atoms with Crippen molar-refractivity contribution in [2.75, 3.05) is 12.1 Å². The summed E-state index contributed by atoms with van der Waals surface area (Å²) in [6.07, 6.45) is 0. The molecule has 1 amide bonds. The summed E-state index contributed by atoms with van der Waals surface area (Å²) in [6, 6.07) is 9.45. The third-order valence-electron chi connectivity index (χ3n) is 3.84. The number of fused-ring (bicyclic) bond motifs is 1. The number of benzene rings is 2. The minimum atomic E-state index is -0.818. The molecule has 0 fully saturated rings. The van der Waals surface area contributed by atoms with E-state index < -0.39 is 11.2 Å². The molecule has 1 heterocycles. The second-order valence-corrected chi connectivity index (χ2v) is 6.18. The highest BCUT2D eigenvalue weighted by atomic mass is 35.5. The number of carbonyl (C=O) groups is 1. The lowest BCUT2D eigenvalue weighted by Gasteiger charge is -2.24. The molecule has 0 radical (unpaired) electrons. The first-order valence-electron chi connectivity index (χ1n) is 7.04. The maximum Gasteiger partial charge on any atom is 0.234 e. The van der Waals surface area contributed by atoms with E-state index in [9.17, 15) is 9.18 Å². The molecule has 2 aromatic rings. The highest BCUT2D eigenvalue weighted by Gasteiger charge is 2.31. The monoisotopic (exact) mass is 335 g/mol. The fourth-order valence-corrected chi connectivity index (χ4v) is 2.46. The van der Waals surface area contributed by atoms with Gasteiger partial charge in [0, 0.05) is 5.69 Å². The molecule has 0 bridgehead atoms. The predicted molar refractivity (Wildman–Crippen MR) is 85.6 cm³/mol. The molecule has 0 atom stereocenters. The van der Waals surface area contributed by atoms with E-state index in [0.717, 1.165) is 5.56 Å². The number of halogens is 2. The third-order valence-corrected chi connectivity index (χ3v) is 4.13. The van der Waals surface area contributed by atoms with Crippen LogP contribution in [0.5, 0.6) is 11.5 Å². The van der Waals surface area contributed by atoms with Gasteiger partial charge in [0.25, 0.3) is 0 Å². The average molecular weight is 336 g/mol. The van der Waals surface area contributed by atoms with Gasteiger partial charge in [0.15, 0.2) is 11.5 Å². The van der Waals surface area contributed by atoms with Gasteiger partial charge in [-0.05, 0) is 49.7 Å². The fraction of sp³-hybridized carbons (Fsp3) is 0.235. The van der Waals surface area contributed by atoms with Crippen LogP contribution in [0.2, 0.25) is 5.02 Å². The number of carbonyl (C=O) groups excluding carboxylic acids is 1. The van der Waals surface area contributed by atoms with Crippen molar-refractivity contribution in [2.24, 2.45) is 0 Å². The van der Waals surface area contributed by atoms with Crippen LogP contribution >= 0.6 is 11.6 Å². The number of anilines is 1. The van der Waals surface area contributed by atoms with Gasteiger partial charge in [0.05, 0.1) is 10.4 Å². The molecule has 23 heavy (non-hydrogen) atoms. The number of rotatable bonds is 3. The summed E-state index contributed by atoms with van der Waals surface area (Å²) in [5.74, 6) is 0.516. The zero-order valence-electron chi connectivity index (χ0n) is 12.7. The Labute approximate surface area is 138 Å². The van der Waals surface area contributed by atoms with Crippen LogP contribution in [0.15, 0.2) is 36.4 Å². The Morgan fingerprint density at radius 1 is 1.17 bits per heavy atom. The average Bonchev–Trinajstić information content (AvgIpc) is 2.98. The molecular formula is C17H15ClFNO3. The Morgan fingerprint density at radius 3 is 2.65 bits per heavy atom. The summed E-state index contributed by atoms with van der Waals surface area (Å²) in [7, 11) is 0. The molecule has 0 aliphatic carbocycles. The maximum absolute atomic E-state index is 13.2. The van der Waals surface area contributed by atoms with E-state index >= 15 is 0 Å². The normalized spacial score (nSPS) is 13.0. The SMILES string of the molecule is CC(C)(C(=O)Nc1ccc(F)c(Cl)c1)c1ccc2c(c1)OCO2. The van der Waals surface area contributed by atoms with Gasteiger partial charge in [-0.15, -0.1) is 0 Å². The van der Waals surface area contributed by atoms with Gasteiger partial charge in [0.1, 0.15) is 5.82 Å². The standard InChI is InChI=1S/C17H15ClFNO3/c1-17(2,10-3-6-14-15(7-10)23-9-22-14)16(21)20-11-4-5-13(19)12(18)8-11/h3-8H,9H2,1-2H3,(H,20,21). The van der Waals surface area contributed by atoms with Crippen molar-refractivity contribution < 1.29 is 18.7 Å². The third kappa shape index (κ3) is 2.97. The molecule has 1 aliphatic rings. The first-order chi connectivity index (χ1) is 10.9. The second kappa shape index (κ2) is 5.74. The van der Waals surface area contributed by atoms with Gasteiger partial charge in [-0.25, -0.2) is 4.39 Å². The summed E-state index contributed by atoms with van der Waals surface area (Å²) in [6.45, 7) is 3.77. The number of ether oxygens (including phenoxy) is 2. The minimum Gasteiger partial charge on any atom is -0.454 e. The molecule has 2 aromatic carbocycles. The minimum absolute atomic E-state index is 0.0383. The summed E-state index contributed by atoms with van der Waals surface area (Å²) >= 11 is 5.74. The van der Waals surface area contributed by atoms with Crippen LogP contribution in [-0.2, 0) is 10.2 Å². The van der Waals surface area contributed by atoms with Gasteiger partial charge >= 0.3 is 0 Å². The second-order valence-electron chi connectivity index (χ2n) is 5.78. The van der Waals surface area contributed by atoms with E-state index in [1.54, 1.807) is 26.0 Å². The number of nitrogens with one attached hydrogen (secondary N) is 1. The summed E-state index contributed by atoms with van der Waals surface area (Å²) in [5.41, 5.74) is 0.407. The topological polar surface area (TPSA) is 47.6 Å². The highest BCUT2D eigenvalue weighted by Crippen LogP contribution is 2.37. The Bertz CT molecular complexity index is 776. The van der Waals surface area contributed by atoms with E-state index in [1.807, 2.05) is 6.07 Å². The molecule has 0 saturated heterocycles. The first kappa shape index (κ1) is 15.6. The quantitative estimate of drug-likeness (QED) is 0.917. The van der Waals surface area contributed by atoms with E-state index in [4.69, 9.17) is 21.1 Å². The molecule has 3 rings (SSSR count). The Hall–Kier alpha value is -2.27. The van der Waals surface area contributed by atoms with Crippen molar-refractivity contribution >= 4 is 23.2 Å². The van der Waals surface area contributed by atoms with E-state index in [-0.39, 0.29) is 17.7 Å². The Balaban J connectivity index is 1.83. The van der Waals surface area contributed by atoms with E-state index in [0.29, 0.717) is 17.2 Å². The van der Waals surface area contributed by atoms with E-state index in [1.165, 1.54) is 18.2 Å². The van der Waals surface area contributed by atoms with Crippen molar-refractivity contribution in [3.05, 3.63) is 52.8 Å². The van der Waals surface area contributed by atoms with Crippen LogP contribution < -0.4 is 14.8 Å². The van der Waals surface area contributed by atoms with Crippen LogP contribution in [0.4, 0.5) is 10.1 Å². The molecule has 1 N–H and O–H groups in total. The van der Waals surface area contributed by atoms with Crippen LogP contribution in [0, 0.1) is 5.82 Å². The summed E-state index contributed by atoms with van der Waals surface area (Å²) < 4.78 is 23.8. The lowest BCUT2D eigenvalue weighted by atomic mass is 9.83. The smallest absolute Gasteiger partial charge is 0.234 e. The molecule has 4 nitrogen and oxygen atoms in total. The molecule has 0 unspecified atom stereocenters. The highest BCUT2D eigenvalue weighted by molar-refractivity contribution is 6.31. The molecule has 6 heteroatoms. The maximum atomic E-state index is 13.2. The van der Waals surface area contributed by atoms with Crippen LogP contribution in [-0.4, -0.2) is 12.7 Å². The zero-order chi connectivity index (χ0) is 16.6. The van der Waals surface area contributed by atoms with Gasteiger partial charge in [-0.2, -0.15) is 0 Å². The molecule has 0 spiro atoms. The fourth-order valence-electron chi connectivity index (χ4n) is 2.28. The summed E-state index contributed by atoms with van der Waals surface area (Å²) in [5, 5.41) is 2.72. The van der Waals surface area contributed by atoms with Gasteiger partial charge in [-0.1, -0.05) is 17.7 Å². The number of hydrogen-bond donors (Lipinski definition) is 1. The zero-order valence-corrected chi connectivity index (χ0v) is 13.4. The van der Waals surface area contributed by atoms with E-state index in [2.05, 4.69) is 5.32 Å². The van der Waals surface area contributed by atoms with Crippen molar-refractivity contribution in [3.63, 3.8) is 0 Å². The molecule has 120 valence electrons. The lowest BCUT2D eigenvalue weighted by Crippen LogP contribution is -2.34. The van der Waals surface area contributed by atoms with Crippen molar-refractivity contribution in [1.82, 2.24) is 0 Å². The molecule has 1 aliphatic heterocycles. The van der Waals surface area contributed by atoms with Crippen LogP contribution in [0.1, 0.15) is 19.4 Å². The van der Waals surface area contributed by atoms with Crippen molar-refractivity contribution in [2.45, 2.75) is 19.3 Å². The molecule has 0 aromatic heterocycles. The van der Waals surface area contributed by atoms with Gasteiger partial charge in [0.2, 0.25) is 12.7 Å². The van der Waals surface area contributed by atoms with Gasteiger partial charge in [-0.3, -0.25) is 4.79 Å². The molecule has 0 saturated carbocycles. The van der Waals surface area contributed by atoms with Gasteiger partial charge < -0.3 is 14.8 Å². The van der Waals surface area contributed by atoms with Crippen molar-refractivity contribution in [3.8, 4) is 11.5 Å².